The lowest BCUT2D eigenvalue weighted by Crippen LogP contribution is -2.35. The molecule has 0 aromatic carbocycles. The molecule has 4 nitrogen and oxygen atoms in total. The molecule has 0 saturated carbocycles. The van der Waals surface area contributed by atoms with Gasteiger partial charge in [-0.3, -0.25) is 0 Å². The highest BCUT2D eigenvalue weighted by Crippen LogP contribution is 2.29. The number of aliphatic hydroxyl groups is 1. The number of pyridine rings is 1. The molecule has 4 heteroatoms. The third-order valence-electron chi connectivity index (χ3n) is 4.14. The Kier molecular flexibility index (Phi) is 4.77. The molecule has 1 aromatic heterocycles. The number of rotatable bonds is 5. The van der Waals surface area contributed by atoms with Crippen molar-refractivity contribution in [1.82, 2.24) is 10.3 Å². The molecule has 0 bridgehead atoms. The molecule has 0 spiro atoms. The van der Waals surface area contributed by atoms with Gasteiger partial charge in [0.05, 0.1) is 12.6 Å². The van der Waals surface area contributed by atoms with Gasteiger partial charge < -0.3 is 15.3 Å². The fraction of sp³-hybridized carbons (Fsp3) is 0.667. The van der Waals surface area contributed by atoms with Crippen molar-refractivity contribution in [3.8, 4) is 0 Å². The molecule has 19 heavy (non-hydrogen) atoms. The summed E-state index contributed by atoms with van der Waals surface area (Å²) in [6.45, 7) is 8.63. The second-order valence-electron chi connectivity index (χ2n) is 5.44. The van der Waals surface area contributed by atoms with Crippen LogP contribution in [0, 0.1) is 5.92 Å². The van der Waals surface area contributed by atoms with Crippen LogP contribution in [-0.4, -0.2) is 35.8 Å². The van der Waals surface area contributed by atoms with Crippen molar-refractivity contribution in [3.63, 3.8) is 0 Å². The number of nitrogens with one attached hydrogen (secondary N) is 1. The second-order valence-corrected chi connectivity index (χ2v) is 5.44. The van der Waals surface area contributed by atoms with Gasteiger partial charge >= 0.3 is 0 Å². The Morgan fingerprint density at radius 3 is 3.05 bits per heavy atom. The molecule has 0 amide bonds. The molecule has 1 aliphatic rings. The molecule has 106 valence electrons. The van der Waals surface area contributed by atoms with E-state index < -0.39 is 0 Å². The Balaban J connectivity index is 2.19. The maximum atomic E-state index is 9.55. The summed E-state index contributed by atoms with van der Waals surface area (Å²) in [6.07, 6.45) is 3.00. The standard InChI is InChI=1S/C15H25N3O/c1-4-16-12(3)13-5-7-17-15(9-13)18-8-6-11(2)14(18)10-19/h5,7,9,11-12,14,16,19H,4,6,8,10H2,1-3H3. The van der Waals surface area contributed by atoms with Crippen LogP contribution in [-0.2, 0) is 0 Å². The highest BCUT2D eigenvalue weighted by molar-refractivity contribution is 5.44. The molecular formula is C15H25N3O. The molecule has 1 aliphatic heterocycles. The van der Waals surface area contributed by atoms with Crippen molar-refractivity contribution < 1.29 is 5.11 Å². The molecule has 1 fully saturated rings. The summed E-state index contributed by atoms with van der Waals surface area (Å²) in [5.41, 5.74) is 1.25. The number of aromatic nitrogens is 1. The van der Waals surface area contributed by atoms with Crippen molar-refractivity contribution >= 4 is 5.82 Å². The summed E-state index contributed by atoms with van der Waals surface area (Å²) in [7, 11) is 0. The zero-order valence-corrected chi connectivity index (χ0v) is 12.1. The SMILES string of the molecule is CCNC(C)c1ccnc(N2CCC(C)C2CO)c1. The third kappa shape index (κ3) is 3.07. The summed E-state index contributed by atoms with van der Waals surface area (Å²) >= 11 is 0. The highest BCUT2D eigenvalue weighted by Gasteiger charge is 2.31. The molecule has 1 saturated heterocycles. The van der Waals surface area contributed by atoms with Crippen LogP contribution in [0.1, 0.15) is 38.8 Å². The summed E-state index contributed by atoms with van der Waals surface area (Å²) < 4.78 is 0. The van der Waals surface area contributed by atoms with Crippen molar-refractivity contribution in [2.45, 2.75) is 39.3 Å². The number of hydrogen-bond acceptors (Lipinski definition) is 4. The van der Waals surface area contributed by atoms with E-state index in [2.05, 4.69) is 48.1 Å². The predicted molar refractivity (Wildman–Crippen MR) is 78.3 cm³/mol. The Morgan fingerprint density at radius 1 is 1.58 bits per heavy atom. The average molecular weight is 263 g/mol. The van der Waals surface area contributed by atoms with Crippen LogP contribution in [0.25, 0.3) is 0 Å². The lowest BCUT2D eigenvalue weighted by Gasteiger charge is -2.27. The molecule has 3 unspecified atom stereocenters. The van der Waals surface area contributed by atoms with Crippen LogP contribution in [0.15, 0.2) is 18.3 Å². The van der Waals surface area contributed by atoms with Gasteiger partial charge in [-0.15, -0.1) is 0 Å². The summed E-state index contributed by atoms with van der Waals surface area (Å²) in [5.74, 6) is 1.52. The minimum atomic E-state index is 0.204. The quantitative estimate of drug-likeness (QED) is 0.852. The van der Waals surface area contributed by atoms with Gasteiger partial charge in [-0.25, -0.2) is 4.98 Å². The van der Waals surface area contributed by atoms with Crippen LogP contribution in [0.4, 0.5) is 5.82 Å². The normalized spacial score (nSPS) is 24.7. The van der Waals surface area contributed by atoms with Gasteiger partial charge in [0.2, 0.25) is 0 Å². The fourth-order valence-electron chi connectivity index (χ4n) is 2.86. The first-order valence-electron chi connectivity index (χ1n) is 7.24. The Morgan fingerprint density at radius 2 is 2.37 bits per heavy atom. The Hall–Kier alpha value is -1.13. The monoisotopic (exact) mass is 263 g/mol. The van der Waals surface area contributed by atoms with Gasteiger partial charge in [0.15, 0.2) is 0 Å². The zero-order valence-electron chi connectivity index (χ0n) is 12.1. The lowest BCUT2D eigenvalue weighted by molar-refractivity contribution is 0.244. The number of hydrogen-bond donors (Lipinski definition) is 2. The summed E-state index contributed by atoms with van der Waals surface area (Å²) in [5, 5.41) is 13.0. The zero-order chi connectivity index (χ0) is 13.8. The number of nitrogens with zero attached hydrogens (tertiary/aromatic N) is 2. The van der Waals surface area contributed by atoms with E-state index in [1.54, 1.807) is 0 Å². The fourth-order valence-corrected chi connectivity index (χ4v) is 2.86. The summed E-state index contributed by atoms with van der Waals surface area (Å²) in [6, 6.07) is 4.75. The molecule has 1 aromatic rings. The van der Waals surface area contributed by atoms with Gasteiger partial charge in [-0.1, -0.05) is 13.8 Å². The first kappa shape index (κ1) is 14.3. The molecule has 0 radical (unpaired) electrons. The molecule has 2 N–H and O–H groups in total. The van der Waals surface area contributed by atoms with Crippen LogP contribution < -0.4 is 10.2 Å². The maximum absolute atomic E-state index is 9.55. The van der Waals surface area contributed by atoms with E-state index in [9.17, 15) is 5.11 Å². The van der Waals surface area contributed by atoms with E-state index in [1.165, 1.54) is 5.56 Å². The second kappa shape index (κ2) is 6.35. The first-order valence-corrected chi connectivity index (χ1v) is 7.24. The van der Waals surface area contributed by atoms with E-state index in [-0.39, 0.29) is 12.6 Å². The first-order chi connectivity index (χ1) is 9.17. The van der Waals surface area contributed by atoms with Crippen LogP contribution in [0.5, 0.6) is 0 Å². The summed E-state index contributed by atoms with van der Waals surface area (Å²) in [4.78, 5) is 6.73. The van der Waals surface area contributed by atoms with Crippen molar-refractivity contribution in [3.05, 3.63) is 23.9 Å². The average Bonchev–Trinajstić information content (AvgIpc) is 2.80. The molecule has 2 heterocycles. The number of aliphatic hydroxyl groups excluding tert-OH is 1. The van der Waals surface area contributed by atoms with Gasteiger partial charge in [0.25, 0.3) is 0 Å². The minimum Gasteiger partial charge on any atom is -0.394 e. The van der Waals surface area contributed by atoms with Crippen LogP contribution in [0.2, 0.25) is 0 Å². The topological polar surface area (TPSA) is 48.4 Å². The molecule has 2 rings (SSSR count). The number of anilines is 1. The van der Waals surface area contributed by atoms with Gasteiger partial charge in [0.1, 0.15) is 5.82 Å². The van der Waals surface area contributed by atoms with Crippen molar-refractivity contribution in [2.24, 2.45) is 5.92 Å². The van der Waals surface area contributed by atoms with E-state index in [1.807, 2.05) is 6.20 Å². The predicted octanol–water partition coefficient (Wildman–Crippen LogP) is 1.96. The van der Waals surface area contributed by atoms with Gasteiger partial charge in [0, 0.05) is 18.8 Å². The van der Waals surface area contributed by atoms with Gasteiger partial charge in [-0.2, -0.15) is 0 Å². The molecule has 3 atom stereocenters. The molecular weight excluding hydrogens is 238 g/mol. The van der Waals surface area contributed by atoms with E-state index in [0.717, 1.165) is 25.3 Å². The van der Waals surface area contributed by atoms with E-state index >= 15 is 0 Å². The van der Waals surface area contributed by atoms with Crippen molar-refractivity contribution in [2.75, 3.05) is 24.6 Å². The Bertz CT molecular complexity index is 410. The smallest absolute Gasteiger partial charge is 0.129 e. The van der Waals surface area contributed by atoms with Gasteiger partial charge in [-0.05, 0) is 43.5 Å². The highest BCUT2D eigenvalue weighted by atomic mass is 16.3. The largest absolute Gasteiger partial charge is 0.394 e. The van der Waals surface area contributed by atoms with E-state index in [4.69, 9.17) is 0 Å². The van der Waals surface area contributed by atoms with E-state index in [0.29, 0.717) is 12.0 Å². The van der Waals surface area contributed by atoms with Crippen LogP contribution in [0.3, 0.4) is 0 Å². The minimum absolute atomic E-state index is 0.204. The molecule has 0 aliphatic carbocycles. The van der Waals surface area contributed by atoms with Crippen molar-refractivity contribution in [1.29, 1.82) is 0 Å². The Labute approximate surface area is 115 Å². The lowest BCUT2D eigenvalue weighted by atomic mass is 10.0. The third-order valence-corrected chi connectivity index (χ3v) is 4.14. The maximum Gasteiger partial charge on any atom is 0.129 e. The van der Waals surface area contributed by atoms with Crippen LogP contribution >= 0.6 is 0 Å².